The fraction of sp³-hybridized carbons (Fsp3) is 0.800. The van der Waals surface area contributed by atoms with E-state index in [2.05, 4.69) is 55.1 Å². The Labute approximate surface area is 122 Å². The molecule has 0 saturated heterocycles. The largest absolute Gasteiger partial charge is 0.432 e. The summed E-state index contributed by atoms with van der Waals surface area (Å²) in [5, 5.41) is 3.35. The summed E-state index contributed by atoms with van der Waals surface area (Å²) in [6, 6.07) is 1.18. The molecule has 0 radical (unpaired) electrons. The van der Waals surface area contributed by atoms with Crippen LogP contribution in [-0.4, -0.2) is 49.2 Å². The van der Waals surface area contributed by atoms with E-state index in [1.807, 2.05) is 0 Å². The molecule has 0 aliphatic heterocycles. The first-order valence-electron chi connectivity index (χ1n) is 7.49. The Balaban J connectivity index is 1.94. The minimum absolute atomic E-state index is 0.291. The molecule has 114 valence electrons. The van der Waals surface area contributed by atoms with Crippen molar-refractivity contribution in [3.63, 3.8) is 0 Å². The fourth-order valence-corrected chi connectivity index (χ4v) is 2.70. The van der Waals surface area contributed by atoms with Gasteiger partial charge in [-0.3, -0.25) is 0 Å². The summed E-state index contributed by atoms with van der Waals surface area (Å²) in [5.74, 6) is 0. The maximum atomic E-state index is 5.61. The lowest BCUT2D eigenvalue weighted by atomic mass is 9.75. The summed E-state index contributed by atoms with van der Waals surface area (Å²) in [7, 11) is 6.40. The Bertz CT molecular complexity index is 423. The molecule has 0 spiro atoms. The van der Waals surface area contributed by atoms with Crippen LogP contribution in [0.2, 0.25) is 0 Å². The van der Waals surface area contributed by atoms with Crippen LogP contribution in [0.25, 0.3) is 0 Å². The van der Waals surface area contributed by atoms with Gasteiger partial charge in [0.25, 0.3) is 6.01 Å². The van der Waals surface area contributed by atoms with Crippen LogP contribution in [0.15, 0.2) is 10.7 Å². The Morgan fingerprint density at radius 2 is 2.05 bits per heavy atom. The summed E-state index contributed by atoms with van der Waals surface area (Å²) in [6.07, 6.45) is 5.59. The molecule has 5 nitrogen and oxygen atoms in total. The Morgan fingerprint density at radius 1 is 1.35 bits per heavy atom. The minimum atomic E-state index is 0.291. The highest BCUT2D eigenvalue weighted by Gasteiger charge is 2.40. The molecule has 1 aromatic rings. The zero-order chi connectivity index (χ0) is 14.8. The van der Waals surface area contributed by atoms with Gasteiger partial charge in [0.15, 0.2) is 0 Å². The van der Waals surface area contributed by atoms with Gasteiger partial charge in [-0.1, -0.05) is 13.8 Å². The van der Waals surface area contributed by atoms with Crippen molar-refractivity contribution < 1.29 is 4.42 Å². The zero-order valence-electron chi connectivity index (χ0n) is 13.4. The lowest BCUT2D eigenvalue weighted by Gasteiger charge is -2.48. The second-order valence-electron chi connectivity index (χ2n) is 6.49. The molecule has 20 heavy (non-hydrogen) atoms. The average molecular weight is 280 g/mol. The van der Waals surface area contributed by atoms with Crippen LogP contribution < -0.4 is 10.2 Å². The summed E-state index contributed by atoms with van der Waals surface area (Å²) in [5.41, 5.74) is 1.26. The van der Waals surface area contributed by atoms with Crippen LogP contribution in [0.4, 0.5) is 6.01 Å². The minimum Gasteiger partial charge on any atom is -0.432 e. The van der Waals surface area contributed by atoms with Crippen LogP contribution in [0.5, 0.6) is 0 Å². The standard InChI is InChI=1S/C15H28N4O/c1-12(2)16-9-13-10-20-14(17-13)19(5)11-15(18(3)4)7-6-8-15/h10,12,16H,6-9,11H2,1-5H3. The number of nitrogens with zero attached hydrogens (tertiary/aromatic N) is 3. The molecule has 0 unspecified atom stereocenters. The van der Waals surface area contributed by atoms with Gasteiger partial charge in [-0.05, 0) is 33.4 Å². The number of aromatic nitrogens is 1. The normalized spacial score (nSPS) is 17.6. The van der Waals surface area contributed by atoms with E-state index in [9.17, 15) is 0 Å². The third-order valence-corrected chi connectivity index (χ3v) is 4.32. The maximum absolute atomic E-state index is 5.61. The van der Waals surface area contributed by atoms with Gasteiger partial charge < -0.3 is 19.5 Å². The smallest absolute Gasteiger partial charge is 0.297 e. The summed E-state index contributed by atoms with van der Waals surface area (Å²) < 4.78 is 5.61. The van der Waals surface area contributed by atoms with Crippen molar-refractivity contribution in [3.8, 4) is 0 Å². The molecular formula is C15H28N4O. The molecular weight excluding hydrogens is 252 g/mol. The molecule has 0 bridgehead atoms. The van der Waals surface area contributed by atoms with Crippen LogP contribution in [0, 0.1) is 0 Å². The maximum Gasteiger partial charge on any atom is 0.297 e. The quantitative estimate of drug-likeness (QED) is 0.828. The van der Waals surface area contributed by atoms with E-state index in [-0.39, 0.29) is 0 Å². The van der Waals surface area contributed by atoms with Gasteiger partial charge in [-0.15, -0.1) is 0 Å². The molecule has 0 aromatic carbocycles. The van der Waals surface area contributed by atoms with E-state index >= 15 is 0 Å². The van der Waals surface area contributed by atoms with E-state index in [0.717, 1.165) is 24.8 Å². The molecule has 1 aliphatic rings. The van der Waals surface area contributed by atoms with Gasteiger partial charge in [-0.25, -0.2) is 0 Å². The second kappa shape index (κ2) is 6.14. The van der Waals surface area contributed by atoms with E-state index < -0.39 is 0 Å². The van der Waals surface area contributed by atoms with Gasteiger partial charge in [-0.2, -0.15) is 4.98 Å². The first kappa shape index (κ1) is 15.3. The molecule has 1 saturated carbocycles. The van der Waals surface area contributed by atoms with Crippen molar-refractivity contribution in [1.29, 1.82) is 0 Å². The average Bonchev–Trinajstić information content (AvgIpc) is 2.79. The number of nitrogens with one attached hydrogen (secondary N) is 1. The van der Waals surface area contributed by atoms with Crippen LogP contribution in [-0.2, 0) is 6.54 Å². The third kappa shape index (κ3) is 3.33. The van der Waals surface area contributed by atoms with Crippen molar-refractivity contribution in [1.82, 2.24) is 15.2 Å². The van der Waals surface area contributed by atoms with E-state index in [0.29, 0.717) is 11.6 Å². The van der Waals surface area contributed by atoms with Gasteiger partial charge >= 0.3 is 0 Å². The molecule has 1 aliphatic carbocycles. The number of hydrogen-bond donors (Lipinski definition) is 1. The van der Waals surface area contributed by atoms with Crippen molar-refractivity contribution in [2.24, 2.45) is 0 Å². The molecule has 5 heteroatoms. The van der Waals surface area contributed by atoms with Crippen molar-refractivity contribution in [3.05, 3.63) is 12.0 Å². The number of hydrogen-bond acceptors (Lipinski definition) is 5. The Kier molecular flexibility index (Phi) is 4.70. The lowest BCUT2D eigenvalue weighted by Crippen LogP contribution is -2.56. The highest BCUT2D eigenvalue weighted by molar-refractivity contribution is 5.27. The van der Waals surface area contributed by atoms with Crippen molar-refractivity contribution >= 4 is 6.01 Å². The SMILES string of the molecule is CC(C)NCc1coc(N(C)CC2(N(C)C)CCC2)n1. The van der Waals surface area contributed by atoms with E-state index in [4.69, 9.17) is 4.42 Å². The zero-order valence-corrected chi connectivity index (χ0v) is 13.4. The number of oxazole rings is 1. The summed E-state index contributed by atoms with van der Waals surface area (Å²) in [4.78, 5) is 9.04. The fourth-order valence-electron chi connectivity index (χ4n) is 2.70. The molecule has 1 aromatic heterocycles. The highest BCUT2D eigenvalue weighted by Crippen LogP contribution is 2.37. The number of rotatable bonds is 7. The van der Waals surface area contributed by atoms with Gasteiger partial charge in [0.2, 0.25) is 0 Å². The third-order valence-electron chi connectivity index (χ3n) is 4.32. The number of likely N-dealkylation sites (N-methyl/N-ethyl adjacent to an activating group) is 2. The van der Waals surface area contributed by atoms with Crippen molar-refractivity contribution in [2.45, 2.75) is 51.2 Å². The Morgan fingerprint density at radius 3 is 2.55 bits per heavy atom. The summed E-state index contributed by atoms with van der Waals surface area (Å²) >= 11 is 0. The van der Waals surface area contributed by atoms with Gasteiger partial charge in [0.05, 0.1) is 5.69 Å². The van der Waals surface area contributed by atoms with Crippen LogP contribution in [0.1, 0.15) is 38.8 Å². The van der Waals surface area contributed by atoms with E-state index in [1.165, 1.54) is 19.3 Å². The monoisotopic (exact) mass is 280 g/mol. The predicted molar refractivity (Wildman–Crippen MR) is 82.0 cm³/mol. The molecule has 1 N–H and O–H groups in total. The lowest BCUT2D eigenvalue weighted by molar-refractivity contribution is 0.0673. The van der Waals surface area contributed by atoms with E-state index in [1.54, 1.807) is 6.26 Å². The number of anilines is 1. The van der Waals surface area contributed by atoms with Crippen LogP contribution >= 0.6 is 0 Å². The first-order valence-corrected chi connectivity index (χ1v) is 7.49. The Hall–Kier alpha value is -1.07. The highest BCUT2D eigenvalue weighted by atomic mass is 16.4. The molecule has 0 atom stereocenters. The second-order valence-corrected chi connectivity index (χ2v) is 6.49. The van der Waals surface area contributed by atoms with Gasteiger partial charge in [0.1, 0.15) is 6.26 Å². The van der Waals surface area contributed by atoms with Crippen LogP contribution in [0.3, 0.4) is 0 Å². The molecule has 1 heterocycles. The molecule has 2 rings (SSSR count). The molecule has 1 fully saturated rings. The van der Waals surface area contributed by atoms with Gasteiger partial charge in [0, 0.05) is 31.7 Å². The first-order chi connectivity index (χ1) is 9.43. The molecule has 0 amide bonds. The van der Waals surface area contributed by atoms with Crippen molar-refractivity contribution in [2.75, 3.05) is 32.6 Å². The topological polar surface area (TPSA) is 44.5 Å². The summed E-state index contributed by atoms with van der Waals surface area (Å²) in [6.45, 7) is 5.99. The predicted octanol–water partition coefficient (Wildman–Crippen LogP) is 2.09.